The summed E-state index contributed by atoms with van der Waals surface area (Å²) in [5, 5.41) is 3.98. The van der Waals surface area contributed by atoms with Gasteiger partial charge in [0.05, 0.1) is 5.69 Å². The van der Waals surface area contributed by atoms with Crippen LogP contribution in [0.5, 0.6) is 0 Å². The van der Waals surface area contributed by atoms with Crippen molar-refractivity contribution in [2.24, 2.45) is 0 Å². The van der Waals surface area contributed by atoms with Crippen molar-refractivity contribution >= 4 is 18.1 Å². The average molecular weight is 355 g/mol. The van der Waals surface area contributed by atoms with Crippen molar-refractivity contribution in [3.8, 4) is 11.3 Å². The van der Waals surface area contributed by atoms with Crippen molar-refractivity contribution in [3.05, 3.63) is 41.1 Å². The van der Waals surface area contributed by atoms with Gasteiger partial charge in [0.1, 0.15) is 11.8 Å². The number of hydrogen-bond acceptors (Lipinski definition) is 5. The lowest BCUT2D eigenvalue weighted by Crippen LogP contribution is -2.50. The van der Waals surface area contributed by atoms with Crippen LogP contribution in [0.3, 0.4) is 0 Å². The molecule has 1 saturated heterocycles. The van der Waals surface area contributed by atoms with Crippen molar-refractivity contribution in [1.82, 2.24) is 15.0 Å². The third-order valence-electron chi connectivity index (χ3n) is 4.65. The zero-order valence-electron chi connectivity index (χ0n) is 14.9. The molecule has 2 aromatic rings. The molecule has 0 unspecified atom stereocenters. The summed E-state index contributed by atoms with van der Waals surface area (Å²) in [6, 6.07) is 7.33. The van der Waals surface area contributed by atoms with Gasteiger partial charge in [-0.1, -0.05) is 29.4 Å². The lowest BCUT2D eigenvalue weighted by atomic mass is 9.99. The van der Waals surface area contributed by atoms with Crippen LogP contribution in [-0.2, 0) is 16.0 Å². The molecule has 7 heteroatoms. The van der Waals surface area contributed by atoms with Gasteiger partial charge in [-0.05, 0) is 12.5 Å². The second-order valence-corrected chi connectivity index (χ2v) is 6.30. The normalized spacial score (nSPS) is 14.4. The predicted molar refractivity (Wildman–Crippen MR) is 94.6 cm³/mol. The van der Waals surface area contributed by atoms with E-state index < -0.39 is 0 Å². The minimum absolute atomic E-state index is 0.0155. The van der Waals surface area contributed by atoms with Crippen LogP contribution >= 0.6 is 0 Å². The first kappa shape index (κ1) is 17.8. The Bertz CT molecular complexity index is 835. The number of carbonyl (C=O) groups excluding carboxylic acids is 3. The van der Waals surface area contributed by atoms with Gasteiger partial charge in [-0.15, -0.1) is 0 Å². The lowest BCUT2D eigenvalue weighted by Gasteiger charge is -2.34. The van der Waals surface area contributed by atoms with E-state index in [0.29, 0.717) is 48.8 Å². The molecule has 1 fully saturated rings. The zero-order chi connectivity index (χ0) is 18.7. The molecule has 0 aliphatic carbocycles. The van der Waals surface area contributed by atoms with Gasteiger partial charge >= 0.3 is 0 Å². The molecular weight excluding hydrogens is 334 g/mol. The highest BCUT2D eigenvalue weighted by Crippen LogP contribution is 2.30. The van der Waals surface area contributed by atoms with Crippen LogP contribution in [0.2, 0.25) is 0 Å². The molecule has 26 heavy (non-hydrogen) atoms. The maximum atomic E-state index is 13.1. The summed E-state index contributed by atoms with van der Waals surface area (Å²) in [7, 11) is 0. The molecule has 0 radical (unpaired) electrons. The Labute approximate surface area is 151 Å². The van der Waals surface area contributed by atoms with Crippen LogP contribution in [0.25, 0.3) is 11.3 Å². The largest absolute Gasteiger partial charge is 0.355 e. The number of amides is 2. The number of benzene rings is 1. The Morgan fingerprint density at radius 3 is 2.46 bits per heavy atom. The van der Waals surface area contributed by atoms with E-state index in [1.807, 2.05) is 24.3 Å². The van der Waals surface area contributed by atoms with Gasteiger partial charge < -0.3 is 19.1 Å². The summed E-state index contributed by atoms with van der Waals surface area (Å²) in [6.45, 7) is 5.24. The molecule has 1 aliphatic rings. The number of piperazine rings is 1. The summed E-state index contributed by atoms with van der Waals surface area (Å²) < 4.78 is 5.46. The molecule has 0 bridgehead atoms. The standard InChI is InChI=1S/C19H21N3O4/c1-13-17(19(25)22-10-8-21(9-11-22)14(2)24)18(26-20-13)16-6-4-3-5-15(16)7-12-23/h3-6,12H,7-11H2,1-2H3. The van der Waals surface area contributed by atoms with E-state index in [2.05, 4.69) is 5.16 Å². The van der Waals surface area contributed by atoms with Crippen LogP contribution in [0.4, 0.5) is 0 Å². The fourth-order valence-corrected chi connectivity index (χ4v) is 3.20. The van der Waals surface area contributed by atoms with E-state index in [1.165, 1.54) is 6.92 Å². The average Bonchev–Trinajstić information content (AvgIpc) is 3.03. The fourth-order valence-electron chi connectivity index (χ4n) is 3.20. The Kier molecular flexibility index (Phi) is 5.16. The lowest BCUT2D eigenvalue weighted by molar-refractivity contribution is -0.130. The molecule has 0 N–H and O–H groups in total. The first-order valence-electron chi connectivity index (χ1n) is 8.56. The van der Waals surface area contributed by atoms with E-state index in [9.17, 15) is 14.4 Å². The van der Waals surface area contributed by atoms with Crippen molar-refractivity contribution in [2.45, 2.75) is 20.3 Å². The van der Waals surface area contributed by atoms with E-state index in [-0.39, 0.29) is 18.2 Å². The minimum atomic E-state index is -0.164. The molecule has 3 rings (SSSR count). The Balaban J connectivity index is 1.91. The van der Waals surface area contributed by atoms with Crippen LogP contribution < -0.4 is 0 Å². The highest BCUT2D eigenvalue weighted by molar-refractivity contribution is 6.01. The SMILES string of the molecule is CC(=O)N1CCN(C(=O)c2c(C)noc2-c2ccccc2CC=O)CC1. The zero-order valence-corrected chi connectivity index (χ0v) is 14.9. The molecule has 1 aliphatic heterocycles. The van der Waals surface area contributed by atoms with Gasteiger partial charge in [0.25, 0.3) is 5.91 Å². The Hall–Kier alpha value is -2.96. The topological polar surface area (TPSA) is 83.7 Å². The Morgan fingerprint density at radius 2 is 1.81 bits per heavy atom. The van der Waals surface area contributed by atoms with Gasteiger partial charge in [0, 0.05) is 45.1 Å². The van der Waals surface area contributed by atoms with Crippen molar-refractivity contribution in [2.75, 3.05) is 26.2 Å². The smallest absolute Gasteiger partial charge is 0.259 e. The molecule has 0 saturated carbocycles. The molecule has 2 heterocycles. The summed E-state index contributed by atoms with van der Waals surface area (Å²) in [6.07, 6.45) is 1.06. The van der Waals surface area contributed by atoms with Gasteiger partial charge in [0.15, 0.2) is 5.76 Å². The quantitative estimate of drug-likeness (QED) is 0.780. The number of hydrogen-bond donors (Lipinski definition) is 0. The van der Waals surface area contributed by atoms with E-state index in [1.54, 1.807) is 16.7 Å². The third kappa shape index (κ3) is 3.37. The van der Waals surface area contributed by atoms with Crippen LogP contribution in [0.15, 0.2) is 28.8 Å². The molecule has 0 spiro atoms. The molecule has 2 amide bonds. The van der Waals surface area contributed by atoms with E-state index >= 15 is 0 Å². The van der Waals surface area contributed by atoms with Crippen molar-refractivity contribution in [3.63, 3.8) is 0 Å². The highest BCUT2D eigenvalue weighted by Gasteiger charge is 2.29. The minimum Gasteiger partial charge on any atom is -0.355 e. The summed E-state index contributed by atoms with van der Waals surface area (Å²) in [5.41, 5.74) is 2.42. The number of rotatable bonds is 4. The highest BCUT2D eigenvalue weighted by atomic mass is 16.5. The van der Waals surface area contributed by atoms with Crippen LogP contribution in [0, 0.1) is 6.92 Å². The van der Waals surface area contributed by atoms with Crippen LogP contribution in [0.1, 0.15) is 28.5 Å². The number of aryl methyl sites for hydroxylation is 1. The molecule has 7 nitrogen and oxygen atoms in total. The third-order valence-corrected chi connectivity index (χ3v) is 4.65. The molecule has 1 aromatic heterocycles. The second kappa shape index (κ2) is 7.51. The number of carbonyl (C=O) groups is 3. The number of aldehydes is 1. The summed E-state index contributed by atoms with van der Waals surface area (Å²) >= 11 is 0. The first-order valence-corrected chi connectivity index (χ1v) is 8.56. The number of aromatic nitrogens is 1. The summed E-state index contributed by atoms with van der Waals surface area (Å²) in [4.78, 5) is 38.9. The summed E-state index contributed by atoms with van der Waals surface area (Å²) in [5.74, 6) is 0.239. The van der Waals surface area contributed by atoms with Gasteiger partial charge in [0.2, 0.25) is 5.91 Å². The maximum Gasteiger partial charge on any atom is 0.259 e. The monoisotopic (exact) mass is 355 g/mol. The maximum absolute atomic E-state index is 13.1. The molecule has 0 atom stereocenters. The Morgan fingerprint density at radius 1 is 1.15 bits per heavy atom. The van der Waals surface area contributed by atoms with Crippen molar-refractivity contribution < 1.29 is 18.9 Å². The molecule has 136 valence electrons. The van der Waals surface area contributed by atoms with E-state index in [0.717, 1.165) is 11.8 Å². The fraction of sp³-hybridized carbons (Fsp3) is 0.368. The second-order valence-electron chi connectivity index (χ2n) is 6.30. The molecule has 1 aromatic carbocycles. The van der Waals surface area contributed by atoms with Crippen LogP contribution in [-0.4, -0.2) is 59.2 Å². The van der Waals surface area contributed by atoms with Gasteiger partial charge in [-0.25, -0.2) is 0 Å². The van der Waals surface area contributed by atoms with Gasteiger partial charge in [-0.2, -0.15) is 0 Å². The molecular formula is C19H21N3O4. The predicted octanol–water partition coefficient (Wildman–Crippen LogP) is 1.70. The van der Waals surface area contributed by atoms with E-state index in [4.69, 9.17) is 4.52 Å². The number of nitrogens with zero attached hydrogens (tertiary/aromatic N) is 3. The van der Waals surface area contributed by atoms with Gasteiger partial charge in [-0.3, -0.25) is 9.59 Å². The first-order chi connectivity index (χ1) is 12.5. The van der Waals surface area contributed by atoms with Crippen molar-refractivity contribution in [1.29, 1.82) is 0 Å².